The van der Waals surface area contributed by atoms with Crippen LogP contribution in [-0.4, -0.2) is 14.5 Å². The van der Waals surface area contributed by atoms with Crippen LogP contribution < -0.4 is 0 Å². The van der Waals surface area contributed by atoms with Gasteiger partial charge in [0.05, 0.1) is 16.7 Å². The Balaban J connectivity index is 1.19. The zero-order valence-corrected chi connectivity index (χ0v) is 24.8. The molecular weight excluding hydrogens is 571 g/mol. The van der Waals surface area contributed by atoms with E-state index in [1.807, 2.05) is 30.3 Å². The summed E-state index contributed by atoms with van der Waals surface area (Å²) >= 11 is 1.72. The van der Waals surface area contributed by atoms with E-state index in [1.165, 1.54) is 20.9 Å². The normalized spacial score (nSPS) is 12.0. The highest BCUT2D eigenvalue weighted by molar-refractivity contribution is 7.25. The van der Waals surface area contributed by atoms with Gasteiger partial charge in [0.25, 0.3) is 0 Å². The van der Waals surface area contributed by atoms with E-state index in [9.17, 15) is 0 Å². The van der Waals surface area contributed by atoms with Crippen molar-refractivity contribution in [3.05, 3.63) is 140 Å². The molecule has 0 aliphatic rings. The molecule has 0 radical (unpaired) electrons. The maximum atomic E-state index is 6.31. The molecule has 0 unspecified atom stereocenters. The lowest BCUT2D eigenvalue weighted by Gasteiger charge is -2.11. The average molecular weight is 594 g/mol. The van der Waals surface area contributed by atoms with Crippen molar-refractivity contribution in [1.29, 1.82) is 0 Å². The van der Waals surface area contributed by atoms with Gasteiger partial charge >= 0.3 is 0 Å². The van der Waals surface area contributed by atoms with Crippen molar-refractivity contribution in [2.75, 3.05) is 0 Å². The summed E-state index contributed by atoms with van der Waals surface area (Å²) in [5.74, 6) is 0.742. The molecule has 0 saturated carbocycles. The largest absolute Gasteiger partial charge is 0.456 e. The molecule has 0 fully saturated rings. The van der Waals surface area contributed by atoms with Gasteiger partial charge in [-0.25, -0.2) is 9.97 Å². The van der Waals surface area contributed by atoms with E-state index in [4.69, 9.17) is 14.4 Å². The highest BCUT2D eigenvalue weighted by Crippen LogP contribution is 2.41. The van der Waals surface area contributed by atoms with E-state index < -0.39 is 0 Å². The van der Waals surface area contributed by atoms with E-state index in [-0.39, 0.29) is 0 Å². The molecule has 4 heterocycles. The maximum Gasteiger partial charge on any atom is 0.161 e. The third kappa shape index (κ3) is 3.65. The van der Waals surface area contributed by atoms with Crippen LogP contribution >= 0.6 is 11.3 Å². The van der Waals surface area contributed by atoms with Gasteiger partial charge in [-0.05, 0) is 36.4 Å². The Morgan fingerprint density at radius 2 is 1.24 bits per heavy atom. The summed E-state index contributed by atoms with van der Waals surface area (Å²) in [7, 11) is 0. The summed E-state index contributed by atoms with van der Waals surface area (Å²) in [6.07, 6.45) is 0. The number of furan rings is 1. The number of nitrogens with zero attached hydrogens (tertiary/aromatic N) is 3. The minimum Gasteiger partial charge on any atom is -0.456 e. The molecule has 10 aromatic rings. The summed E-state index contributed by atoms with van der Waals surface area (Å²) in [6.45, 7) is 0. The number of aromatic nitrogens is 3. The first-order valence-electron chi connectivity index (χ1n) is 15.0. The van der Waals surface area contributed by atoms with Gasteiger partial charge in [-0.1, -0.05) is 97.1 Å². The Morgan fingerprint density at radius 3 is 2.11 bits per heavy atom. The number of rotatable bonds is 3. The third-order valence-corrected chi connectivity index (χ3v) is 9.91. The zero-order chi connectivity index (χ0) is 29.5. The molecule has 0 aliphatic carbocycles. The number of hydrogen-bond acceptors (Lipinski definition) is 4. The molecule has 4 aromatic heterocycles. The van der Waals surface area contributed by atoms with Crippen LogP contribution in [0, 0.1) is 0 Å². The van der Waals surface area contributed by atoms with Gasteiger partial charge in [0, 0.05) is 59.9 Å². The van der Waals surface area contributed by atoms with Gasteiger partial charge in [-0.15, -0.1) is 11.3 Å². The summed E-state index contributed by atoms with van der Waals surface area (Å²) in [5.41, 5.74) is 8.20. The number of benzene rings is 6. The molecule has 0 spiro atoms. The number of para-hydroxylation sites is 2. The Kier molecular flexibility index (Phi) is 5.12. The summed E-state index contributed by atoms with van der Waals surface area (Å²) < 4.78 is 9.87. The highest BCUT2D eigenvalue weighted by atomic mass is 32.1. The van der Waals surface area contributed by atoms with Crippen molar-refractivity contribution in [3.63, 3.8) is 0 Å². The van der Waals surface area contributed by atoms with Crippen LogP contribution in [0.2, 0.25) is 0 Å². The first-order chi connectivity index (χ1) is 22.3. The molecule has 0 bridgehead atoms. The van der Waals surface area contributed by atoms with Crippen LogP contribution in [0.25, 0.3) is 92.4 Å². The van der Waals surface area contributed by atoms with Crippen LogP contribution in [0.3, 0.4) is 0 Å². The second-order valence-corrected chi connectivity index (χ2v) is 12.4. The van der Waals surface area contributed by atoms with Crippen LogP contribution in [0.1, 0.15) is 0 Å². The standard InChI is InChI=1S/C40H23N3OS/c1-2-10-25(11-3-1)39-41-38(37-29-14-6-9-17-36(29)45-40(37)42-39)24-18-20-26(21-19-24)43-32-15-7-4-12-27(32)30-22-31-28-13-5-8-16-34(28)44-35(31)23-33(30)43/h1-23H. The van der Waals surface area contributed by atoms with E-state index in [1.54, 1.807) is 11.3 Å². The van der Waals surface area contributed by atoms with Crippen molar-refractivity contribution in [2.24, 2.45) is 0 Å². The Morgan fingerprint density at radius 1 is 0.511 bits per heavy atom. The van der Waals surface area contributed by atoms with Crippen molar-refractivity contribution < 1.29 is 4.42 Å². The van der Waals surface area contributed by atoms with Gasteiger partial charge < -0.3 is 8.98 Å². The van der Waals surface area contributed by atoms with Gasteiger partial charge in [-0.2, -0.15) is 0 Å². The van der Waals surface area contributed by atoms with Crippen LogP contribution in [0.15, 0.2) is 144 Å². The molecule has 10 rings (SSSR count). The quantitative estimate of drug-likeness (QED) is 0.205. The minimum atomic E-state index is 0.742. The first-order valence-corrected chi connectivity index (χ1v) is 15.8. The first kappa shape index (κ1) is 24.6. The lowest BCUT2D eigenvalue weighted by atomic mass is 10.0. The van der Waals surface area contributed by atoms with Crippen molar-refractivity contribution in [1.82, 2.24) is 14.5 Å². The van der Waals surface area contributed by atoms with Gasteiger partial charge in [-0.3, -0.25) is 0 Å². The second-order valence-electron chi connectivity index (χ2n) is 11.4. The monoisotopic (exact) mass is 593 g/mol. The van der Waals surface area contributed by atoms with E-state index >= 15 is 0 Å². The summed E-state index contributed by atoms with van der Waals surface area (Å²) in [4.78, 5) is 11.2. The fourth-order valence-electron chi connectivity index (χ4n) is 6.78. The van der Waals surface area contributed by atoms with Gasteiger partial charge in [0.15, 0.2) is 5.82 Å². The number of hydrogen-bond donors (Lipinski definition) is 0. The third-order valence-electron chi connectivity index (χ3n) is 8.84. The van der Waals surface area contributed by atoms with E-state index in [2.05, 4.69) is 114 Å². The molecule has 210 valence electrons. The van der Waals surface area contributed by atoms with E-state index in [0.29, 0.717) is 0 Å². The molecule has 6 aromatic carbocycles. The van der Waals surface area contributed by atoms with Crippen molar-refractivity contribution in [2.45, 2.75) is 0 Å². The van der Waals surface area contributed by atoms with Gasteiger partial charge in [0.1, 0.15) is 16.0 Å². The van der Waals surface area contributed by atoms with Crippen molar-refractivity contribution >= 4 is 75.4 Å². The minimum absolute atomic E-state index is 0.742. The van der Waals surface area contributed by atoms with Crippen molar-refractivity contribution in [3.8, 4) is 28.3 Å². The molecule has 0 amide bonds. The Labute approximate surface area is 261 Å². The summed E-state index contributed by atoms with van der Waals surface area (Å²) in [6, 6.07) is 48.9. The predicted octanol–water partition coefficient (Wildman–Crippen LogP) is 11.2. The smallest absolute Gasteiger partial charge is 0.161 e. The average Bonchev–Trinajstić information content (AvgIpc) is 3.76. The molecule has 5 heteroatoms. The Bertz CT molecular complexity index is 2750. The van der Waals surface area contributed by atoms with Crippen LogP contribution in [0.4, 0.5) is 0 Å². The topological polar surface area (TPSA) is 43.9 Å². The van der Waals surface area contributed by atoms with Crippen LogP contribution in [0.5, 0.6) is 0 Å². The Hall–Kier alpha value is -5.78. The SMILES string of the molecule is c1ccc(-c2nc(-c3ccc(-n4c5ccccc5c5cc6c(cc54)oc4ccccc46)cc3)c3c(n2)sc2ccccc23)cc1. The maximum absolute atomic E-state index is 6.31. The lowest BCUT2D eigenvalue weighted by molar-refractivity contribution is 0.669. The van der Waals surface area contributed by atoms with Crippen LogP contribution in [-0.2, 0) is 0 Å². The molecule has 4 nitrogen and oxygen atoms in total. The lowest BCUT2D eigenvalue weighted by Crippen LogP contribution is -1.96. The van der Waals surface area contributed by atoms with E-state index in [0.717, 1.165) is 71.5 Å². The fraction of sp³-hybridized carbons (Fsp3) is 0. The molecule has 0 N–H and O–H groups in total. The molecule has 45 heavy (non-hydrogen) atoms. The fourth-order valence-corrected chi connectivity index (χ4v) is 7.86. The second kappa shape index (κ2) is 9.36. The van der Waals surface area contributed by atoms with Gasteiger partial charge in [0.2, 0.25) is 0 Å². The molecule has 0 atom stereocenters. The highest BCUT2D eigenvalue weighted by Gasteiger charge is 2.19. The predicted molar refractivity (Wildman–Crippen MR) is 187 cm³/mol. The molecular formula is C40H23N3OS. The number of fused-ring (bicyclic) bond motifs is 9. The zero-order valence-electron chi connectivity index (χ0n) is 23.9. The summed E-state index contributed by atoms with van der Waals surface area (Å²) in [5, 5.41) is 7.01. The number of thiophene rings is 1. The molecule has 0 saturated heterocycles. The molecule has 0 aliphatic heterocycles.